The van der Waals surface area contributed by atoms with E-state index in [9.17, 15) is 26.8 Å². The Morgan fingerprint density at radius 1 is 1.07 bits per heavy atom. The Balaban J connectivity index is 1.41. The third-order valence-corrected chi connectivity index (χ3v) is 8.91. The van der Waals surface area contributed by atoms with Crippen molar-refractivity contribution in [3.8, 4) is 0 Å². The quantitative estimate of drug-likeness (QED) is 0.293. The van der Waals surface area contributed by atoms with Gasteiger partial charge in [0.15, 0.2) is 0 Å². The van der Waals surface area contributed by atoms with Crippen LogP contribution in [0.1, 0.15) is 30.0 Å². The number of thiazole rings is 1. The fraction of sp³-hybridized carbons (Fsp3) is 0.179. The van der Waals surface area contributed by atoms with Crippen LogP contribution < -0.4 is 14.9 Å². The molecule has 1 aliphatic heterocycles. The molecule has 13 heteroatoms. The van der Waals surface area contributed by atoms with Crippen LogP contribution in [0.15, 0.2) is 77.9 Å². The summed E-state index contributed by atoms with van der Waals surface area (Å²) in [4.78, 5) is 32.0. The minimum absolute atomic E-state index is 0.0546. The molecule has 1 aliphatic rings. The van der Waals surface area contributed by atoms with Crippen LogP contribution in [0.4, 0.5) is 19.3 Å². The molecule has 2 heterocycles. The Hall–Kier alpha value is -4.20. The first-order valence-electron chi connectivity index (χ1n) is 12.6. The lowest BCUT2D eigenvalue weighted by atomic mass is 10.1. The molecule has 0 saturated carbocycles. The van der Waals surface area contributed by atoms with Gasteiger partial charge in [-0.2, -0.15) is 12.7 Å². The smallest absolute Gasteiger partial charge is 0.310 e. The number of fused-ring (bicyclic) bond motifs is 1. The normalized spacial score (nSPS) is 16.1. The molecule has 0 bridgehead atoms. The van der Waals surface area contributed by atoms with Crippen LogP contribution in [-0.2, 0) is 15.0 Å². The number of carbonyl (C=O) groups is 2. The lowest BCUT2D eigenvalue weighted by Gasteiger charge is -2.25. The topological polar surface area (TPSA) is 112 Å². The van der Waals surface area contributed by atoms with Gasteiger partial charge in [-0.15, -0.1) is 11.3 Å². The predicted molar refractivity (Wildman–Crippen MR) is 153 cm³/mol. The average molecular weight is 598 g/mol. The number of likely N-dealkylation sites (N-methyl/N-ethyl adjacent to an activating group) is 1. The van der Waals surface area contributed by atoms with Crippen molar-refractivity contribution in [2.75, 3.05) is 18.5 Å². The summed E-state index contributed by atoms with van der Waals surface area (Å²) in [7, 11) is -2.87. The van der Waals surface area contributed by atoms with Crippen molar-refractivity contribution in [1.29, 1.82) is 0 Å². The van der Waals surface area contributed by atoms with Crippen LogP contribution in [0.25, 0.3) is 16.3 Å². The molecule has 0 radical (unpaired) electrons. The van der Waals surface area contributed by atoms with Crippen LogP contribution >= 0.6 is 11.3 Å². The van der Waals surface area contributed by atoms with Crippen LogP contribution in [0, 0.1) is 11.6 Å². The summed E-state index contributed by atoms with van der Waals surface area (Å²) in [6, 6.07) is 15.1. The molecule has 4 aromatic rings. The Morgan fingerprint density at radius 3 is 2.54 bits per heavy atom. The first-order valence-corrected chi connectivity index (χ1v) is 14.9. The second-order valence-electron chi connectivity index (χ2n) is 9.37. The van der Waals surface area contributed by atoms with Gasteiger partial charge in [0, 0.05) is 25.3 Å². The highest BCUT2D eigenvalue weighted by Crippen LogP contribution is 2.33. The first kappa shape index (κ1) is 28.3. The highest BCUT2D eigenvalue weighted by molar-refractivity contribution is 7.87. The van der Waals surface area contributed by atoms with Crippen LogP contribution in [0.2, 0.25) is 0 Å². The van der Waals surface area contributed by atoms with Gasteiger partial charge in [-0.05, 0) is 60.4 Å². The van der Waals surface area contributed by atoms with E-state index < -0.39 is 45.5 Å². The fourth-order valence-corrected chi connectivity index (χ4v) is 6.68. The van der Waals surface area contributed by atoms with Crippen LogP contribution in [-0.4, -0.2) is 43.2 Å². The molecular formula is C28H25F2N5O4S2. The number of hydrogen-bond acceptors (Lipinski definition) is 6. The number of amides is 3. The minimum Gasteiger partial charge on any atom is -0.310 e. The van der Waals surface area contributed by atoms with E-state index in [1.165, 1.54) is 27.6 Å². The van der Waals surface area contributed by atoms with Crippen molar-refractivity contribution >= 4 is 55.5 Å². The number of carbonyl (C=O) groups excluding carboxylic acids is 2. The van der Waals surface area contributed by atoms with Crippen molar-refractivity contribution in [2.45, 2.75) is 18.9 Å². The monoisotopic (exact) mass is 597 g/mol. The standard InChI is InChI=1S/C28H25F2N5O4S2/c1-34(22-9-10-26-23(16-22)31-17-40-26)27(36)24(14-18-12-20(29)15-21(30)13-18)32-28(37)33-41(38,39)35-11-5-8-25(35)19-6-3-2-4-7-19/h2-4,6-7,9-10,12-17,25H,5,8,11H2,1H3,(H2,32,33,37)/b24-14-. The van der Waals surface area contributed by atoms with Gasteiger partial charge in [0.05, 0.1) is 21.8 Å². The van der Waals surface area contributed by atoms with Gasteiger partial charge in [-0.1, -0.05) is 30.3 Å². The van der Waals surface area contributed by atoms with Crippen molar-refractivity contribution < 1.29 is 26.8 Å². The number of urea groups is 1. The zero-order valence-electron chi connectivity index (χ0n) is 21.8. The number of rotatable bonds is 7. The van der Waals surface area contributed by atoms with Crippen molar-refractivity contribution in [3.63, 3.8) is 0 Å². The molecule has 1 unspecified atom stereocenters. The minimum atomic E-state index is -4.31. The fourth-order valence-electron chi connectivity index (χ4n) is 4.69. The average Bonchev–Trinajstić information content (AvgIpc) is 3.61. The van der Waals surface area contributed by atoms with Gasteiger partial charge < -0.3 is 10.2 Å². The van der Waals surface area contributed by atoms with E-state index in [0.29, 0.717) is 30.1 Å². The summed E-state index contributed by atoms with van der Waals surface area (Å²) >= 11 is 1.43. The summed E-state index contributed by atoms with van der Waals surface area (Å²) in [6.45, 7) is 0.203. The predicted octanol–water partition coefficient (Wildman–Crippen LogP) is 4.96. The number of aromatic nitrogens is 1. The number of hydrogen-bond donors (Lipinski definition) is 2. The van der Waals surface area contributed by atoms with Gasteiger partial charge in [0.1, 0.15) is 17.3 Å². The highest BCUT2D eigenvalue weighted by atomic mass is 32.2. The molecule has 41 heavy (non-hydrogen) atoms. The molecule has 0 aliphatic carbocycles. The van der Waals surface area contributed by atoms with E-state index in [2.05, 4.69) is 10.3 Å². The number of anilines is 1. The van der Waals surface area contributed by atoms with Gasteiger partial charge >= 0.3 is 16.2 Å². The van der Waals surface area contributed by atoms with Crippen molar-refractivity contribution in [3.05, 3.63) is 101 Å². The molecule has 1 aromatic heterocycles. The Labute approximate surface area is 239 Å². The Bertz CT molecular complexity index is 1720. The van der Waals surface area contributed by atoms with Crippen LogP contribution in [0.3, 0.4) is 0 Å². The van der Waals surface area contributed by atoms with E-state index >= 15 is 0 Å². The molecule has 9 nitrogen and oxygen atoms in total. The SMILES string of the molecule is CN(C(=O)/C(=C/c1cc(F)cc(F)c1)NC(=O)NS(=O)(=O)N1CCCC1c1ccccc1)c1ccc2scnc2c1. The van der Waals surface area contributed by atoms with Gasteiger partial charge in [-0.25, -0.2) is 23.3 Å². The third kappa shape index (κ3) is 6.42. The summed E-state index contributed by atoms with van der Waals surface area (Å²) in [5, 5.41) is 2.28. The number of halogens is 2. The zero-order chi connectivity index (χ0) is 29.1. The third-order valence-electron chi connectivity index (χ3n) is 6.60. The number of nitrogens with zero attached hydrogens (tertiary/aromatic N) is 3. The maximum absolute atomic E-state index is 13.9. The maximum atomic E-state index is 13.9. The van der Waals surface area contributed by atoms with E-state index in [1.807, 2.05) is 22.9 Å². The van der Waals surface area contributed by atoms with Gasteiger partial charge in [-0.3, -0.25) is 4.79 Å². The number of benzene rings is 3. The summed E-state index contributed by atoms with van der Waals surface area (Å²) in [5.74, 6) is -2.54. The molecule has 1 fully saturated rings. The molecule has 2 N–H and O–H groups in total. The number of nitrogens with one attached hydrogen (secondary N) is 2. The highest BCUT2D eigenvalue weighted by Gasteiger charge is 2.36. The molecule has 0 spiro atoms. The maximum Gasteiger partial charge on any atom is 0.334 e. The first-order chi connectivity index (χ1) is 19.6. The lowest BCUT2D eigenvalue weighted by molar-refractivity contribution is -0.115. The zero-order valence-corrected chi connectivity index (χ0v) is 23.4. The van der Waals surface area contributed by atoms with E-state index in [1.54, 1.807) is 35.8 Å². The molecular weight excluding hydrogens is 572 g/mol. The van der Waals surface area contributed by atoms with Crippen molar-refractivity contribution in [2.24, 2.45) is 0 Å². The van der Waals surface area contributed by atoms with E-state index in [0.717, 1.165) is 28.5 Å². The van der Waals surface area contributed by atoms with E-state index in [4.69, 9.17) is 0 Å². The molecule has 212 valence electrons. The van der Waals surface area contributed by atoms with Crippen molar-refractivity contribution in [1.82, 2.24) is 19.3 Å². The summed E-state index contributed by atoms with van der Waals surface area (Å²) < 4.78 is 58.3. The molecule has 1 atom stereocenters. The van der Waals surface area contributed by atoms with Gasteiger partial charge in [0.2, 0.25) is 0 Å². The van der Waals surface area contributed by atoms with Gasteiger partial charge in [0.25, 0.3) is 5.91 Å². The largest absolute Gasteiger partial charge is 0.334 e. The molecule has 3 amide bonds. The summed E-state index contributed by atoms with van der Waals surface area (Å²) in [6.07, 6.45) is 2.25. The van der Waals surface area contributed by atoms with Crippen LogP contribution in [0.5, 0.6) is 0 Å². The summed E-state index contributed by atoms with van der Waals surface area (Å²) in [5.41, 5.74) is 3.07. The molecule has 5 rings (SSSR count). The molecule has 1 saturated heterocycles. The Kier molecular flexibility index (Phi) is 8.10. The van der Waals surface area contributed by atoms with E-state index in [-0.39, 0.29) is 12.1 Å². The Morgan fingerprint density at radius 2 is 1.80 bits per heavy atom. The molecule has 3 aromatic carbocycles. The lowest BCUT2D eigenvalue weighted by Crippen LogP contribution is -2.48. The second kappa shape index (κ2) is 11.7. The second-order valence-corrected chi connectivity index (χ2v) is 11.9.